The molecule has 0 bridgehead atoms. The van der Waals surface area contributed by atoms with E-state index in [1.807, 2.05) is 13.0 Å². The van der Waals surface area contributed by atoms with E-state index in [1.54, 1.807) is 17.0 Å². The average Bonchev–Trinajstić information content (AvgIpc) is 2.49. The summed E-state index contributed by atoms with van der Waals surface area (Å²) in [5, 5.41) is 9.46. The minimum atomic E-state index is -1.43. The van der Waals surface area contributed by atoms with Crippen molar-refractivity contribution in [3.63, 3.8) is 0 Å². The highest BCUT2D eigenvalue weighted by atomic mass is 16.4. The van der Waals surface area contributed by atoms with Crippen molar-refractivity contribution in [2.24, 2.45) is 5.73 Å². The molecule has 0 saturated carbocycles. The maximum absolute atomic E-state index is 11.8. The molecule has 1 heterocycles. The van der Waals surface area contributed by atoms with E-state index in [2.05, 4.69) is 0 Å². The van der Waals surface area contributed by atoms with Gasteiger partial charge in [-0.25, -0.2) is 4.79 Å². The molecule has 0 aromatic heterocycles. The van der Waals surface area contributed by atoms with Crippen LogP contribution in [0.1, 0.15) is 30.9 Å². The van der Waals surface area contributed by atoms with E-state index in [0.29, 0.717) is 30.6 Å². The fraction of sp³-hybridized carbons (Fsp3) is 0.429. The monoisotopic (exact) mass is 262 g/mol. The van der Waals surface area contributed by atoms with Crippen LogP contribution in [-0.2, 0) is 15.1 Å². The molecule has 1 aromatic rings. The first kappa shape index (κ1) is 13.5. The quantitative estimate of drug-likeness (QED) is 0.801. The number of nitrogens with zero attached hydrogens (tertiary/aromatic N) is 1. The molecule has 2 rings (SSSR count). The second-order valence-electron chi connectivity index (χ2n) is 5.02. The Kier molecular flexibility index (Phi) is 3.32. The predicted molar refractivity (Wildman–Crippen MR) is 71.9 cm³/mol. The van der Waals surface area contributed by atoms with Crippen LogP contribution >= 0.6 is 0 Å². The molecule has 1 aromatic carbocycles. The Bertz CT molecular complexity index is 541. The Morgan fingerprint density at radius 2 is 2.11 bits per heavy atom. The highest BCUT2D eigenvalue weighted by Gasteiger charge is 2.41. The Labute approximate surface area is 112 Å². The van der Waals surface area contributed by atoms with Crippen molar-refractivity contribution in [2.45, 2.75) is 32.2 Å². The number of fused-ring (bicyclic) bond motifs is 1. The number of nitrogens with two attached hydrogens (primary N) is 1. The number of hydrogen-bond acceptors (Lipinski definition) is 3. The van der Waals surface area contributed by atoms with Crippen molar-refractivity contribution in [1.29, 1.82) is 0 Å². The molecule has 1 atom stereocenters. The molecule has 1 amide bonds. The summed E-state index contributed by atoms with van der Waals surface area (Å²) in [6, 6.07) is 5.35. The number of amides is 1. The van der Waals surface area contributed by atoms with Crippen molar-refractivity contribution in [1.82, 2.24) is 0 Å². The van der Waals surface area contributed by atoms with Crippen molar-refractivity contribution in [2.75, 3.05) is 11.4 Å². The van der Waals surface area contributed by atoms with Gasteiger partial charge in [0.2, 0.25) is 5.91 Å². The Balaban J connectivity index is 2.71. The van der Waals surface area contributed by atoms with Crippen LogP contribution in [0.15, 0.2) is 18.2 Å². The van der Waals surface area contributed by atoms with Gasteiger partial charge in [-0.2, -0.15) is 0 Å². The molecule has 0 fully saturated rings. The number of carboxylic acids is 1. The van der Waals surface area contributed by atoms with Gasteiger partial charge >= 0.3 is 5.97 Å². The van der Waals surface area contributed by atoms with E-state index in [1.165, 1.54) is 6.92 Å². The van der Waals surface area contributed by atoms with Crippen LogP contribution in [0.5, 0.6) is 0 Å². The van der Waals surface area contributed by atoms with Crippen LogP contribution in [0.25, 0.3) is 0 Å². The minimum Gasteiger partial charge on any atom is -0.480 e. The van der Waals surface area contributed by atoms with Gasteiger partial charge in [-0.15, -0.1) is 0 Å². The first-order valence-electron chi connectivity index (χ1n) is 6.28. The number of para-hydroxylation sites is 1. The number of rotatable bonds is 1. The molecule has 0 aliphatic carbocycles. The third-order valence-corrected chi connectivity index (χ3v) is 3.70. The maximum Gasteiger partial charge on any atom is 0.328 e. The van der Waals surface area contributed by atoms with Crippen LogP contribution in [0.3, 0.4) is 0 Å². The fourth-order valence-corrected chi connectivity index (χ4v) is 2.68. The molecular formula is C14H18N2O3. The largest absolute Gasteiger partial charge is 0.480 e. The molecule has 1 unspecified atom stereocenters. The molecule has 0 radical (unpaired) electrons. The third kappa shape index (κ3) is 2.10. The molecule has 0 saturated heterocycles. The number of benzene rings is 1. The minimum absolute atomic E-state index is 0.0924. The van der Waals surface area contributed by atoms with E-state index in [0.717, 1.165) is 5.56 Å². The van der Waals surface area contributed by atoms with Crippen LogP contribution in [0.2, 0.25) is 0 Å². The molecule has 5 nitrogen and oxygen atoms in total. The van der Waals surface area contributed by atoms with Crippen LogP contribution in [0.4, 0.5) is 5.69 Å². The number of aryl methyl sites for hydroxylation is 1. The van der Waals surface area contributed by atoms with E-state index < -0.39 is 11.5 Å². The van der Waals surface area contributed by atoms with Gasteiger partial charge in [-0.3, -0.25) is 4.79 Å². The molecule has 5 heteroatoms. The summed E-state index contributed by atoms with van der Waals surface area (Å²) < 4.78 is 0. The zero-order valence-corrected chi connectivity index (χ0v) is 11.1. The van der Waals surface area contributed by atoms with Gasteiger partial charge in [0.15, 0.2) is 0 Å². The maximum atomic E-state index is 11.8. The fourth-order valence-electron chi connectivity index (χ4n) is 2.68. The van der Waals surface area contributed by atoms with Gasteiger partial charge in [-0.1, -0.05) is 18.2 Å². The molecule has 19 heavy (non-hydrogen) atoms. The zero-order valence-electron chi connectivity index (χ0n) is 11.1. The van der Waals surface area contributed by atoms with E-state index in [9.17, 15) is 14.7 Å². The third-order valence-electron chi connectivity index (χ3n) is 3.70. The number of anilines is 1. The van der Waals surface area contributed by atoms with E-state index >= 15 is 0 Å². The van der Waals surface area contributed by atoms with Crippen molar-refractivity contribution in [3.8, 4) is 0 Å². The van der Waals surface area contributed by atoms with Crippen molar-refractivity contribution < 1.29 is 14.7 Å². The average molecular weight is 262 g/mol. The van der Waals surface area contributed by atoms with E-state index in [-0.39, 0.29) is 5.91 Å². The second kappa shape index (κ2) is 4.66. The summed E-state index contributed by atoms with van der Waals surface area (Å²) in [5.41, 5.74) is 6.72. The first-order chi connectivity index (χ1) is 8.88. The number of aliphatic carboxylic acids is 1. The highest BCUT2D eigenvalue weighted by molar-refractivity contribution is 5.96. The summed E-state index contributed by atoms with van der Waals surface area (Å²) >= 11 is 0. The van der Waals surface area contributed by atoms with Crippen LogP contribution in [-0.4, -0.2) is 23.5 Å². The van der Waals surface area contributed by atoms with Gasteiger partial charge in [-0.05, 0) is 25.3 Å². The van der Waals surface area contributed by atoms with Gasteiger partial charge in [0.25, 0.3) is 0 Å². The second-order valence-corrected chi connectivity index (χ2v) is 5.02. The lowest BCUT2D eigenvalue weighted by Crippen LogP contribution is -2.44. The molecule has 1 aliphatic rings. The zero-order chi connectivity index (χ0) is 14.2. The standard InChI is InChI=1S/C14H18N2O3/c1-9-5-3-6-11-12(9)16(10(2)17)8-4-7-14(11,15)13(18)19/h3,5-6H,4,7-8,15H2,1-2H3,(H,18,19). The Morgan fingerprint density at radius 1 is 1.42 bits per heavy atom. The van der Waals surface area contributed by atoms with Gasteiger partial charge in [0.1, 0.15) is 5.54 Å². The van der Waals surface area contributed by atoms with E-state index in [4.69, 9.17) is 5.73 Å². The highest BCUT2D eigenvalue weighted by Crippen LogP contribution is 2.38. The normalized spacial score (nSPS) is 22.6. The summed E-state index contributed by atoms with van der Waals surface area (Å²) in [7, 11) is 0. The van der Waals surface area contributed by atoms with Gasteiger partial charge in [0.05, 0.1) is 5.69 Å². The summed E-state index contributed by atoms with van der Waals surface area (Å²) in [5.74, 6) is -1.14. The molecule has 3 N–H and O–H groups in total. The molecule has 102 valence electrons. The molecule has 1 aliphatic heterocycles. The van der Waals surface area contributed by atoms with Gasteiger partial charge < -0.3 is 15.7 Å². The number of carbonyl (C=O) groups excluding carboxylic acids is 1. The van der Waals surface area contributed by atoms with Gasteiger partial charge in [0, 0.05) is 19.0 Å². The van der Waals surface area contributed by atoms with Crippen LogP contribution < -0.4 is 10.6 Å². The molecular weight excluding hydrogens is 244 g/mol. The predicted octanol–water partition coefficient (Wildman–Crippen LogP) is 1.38. The lowest BCUT2D eigenvalue weighted by atomic mass is 9.85. The lowest BCUT2D eigenvalue weighted by Gasteiger charge is -2.28. The lowest BCUT2D eigenvalue weighted by molar-refractivity contribution is -0.144. The summed E-state index contributed by atoms with van der Waals surface area (Å²) in [4.78, 5) is 25.0. The number of carboxylic acid groups (broad SMARTS) is 1. The Morgan fingerprint density at radius 3 is 2.68 bits per heavy atom. The SMILES string of the molecule is CC(=O)N1CCCC(N)(C(=O)O)c2cccc(C)c21. The topological polar surface area (TPSA) is 83.6 Å². The number of carbonyl (C=O) groups is 2. The molecule has 0 spiro atoms. The number of hydrogen-bond donors (Lipinski definition) is 2. The summed E-state index contributed by atoms with van der Waals surface area (Å²) in [6.07, 6.45) is 0.888. The van der Waals surface area contributed by atoms with Crippen molar-refractivity contribution in [3.05, 3.63) is 29.3 Å². The first-order valence-corrected chi connectivity index (χ1v) is 6.28. The summed E-state index contributed by atoms with van der Waals surface area (Å²) in [6.45, 7) is 3.85. The van der Waals surface area contributed by atoms with Crippen LogP contribution in [0, 0.1) is 6.92 Å². The smallest absolute Gasteiger partial charge is 0.328 e. The van der Waals surface area contributed by atoms with Crippen molar-refractivity contribution >= 4 is 17.6 Å². The Hall–Kier alpha value is -1.88.